The molecule has 1 aromatic heterocycles. The van der Waals surface area contributed by atoms with Gasteiger partial charge in [-0.1, -0.05) is 28.9 Å². The number of benzene rings is 1. The highest BCUT2D eigenvalue weighted by Crippen LogP contribution is 2.17. The van der Waals surface area contributed by atoms with Crippen molar-refractivity contribution in [3.05, 3.63) is 51.9 Å². The summed E-state index contributed by atoms with van der Waals surface area (Å²) in [5.41, 5.74) is 2.61. The lowest BCUT2D eigenvalue weighted by atomic mass is 10.1. The zero-order valence-electron chi connectivity index (χ0n) is 13.8. The lowest BCUT2D eigenvalue weighted by Gasteiger charge is -2.16. The Morgan fingerprint density at radius 3 is 2.71 bits per heavy atom. The van der Waals surface area contributed by atoms with Crippen molar-refractivity contribution < 1.29 is 9.63 Å². The molecule has 1 atom stereocenters. The van der Waals surface area contributed by atoms with Gasteiger partial charge in [-0.05, 0) is 31.5 Å². The van der Waals surface area contributed by atoms with E-state index in [0.717, 1.165) is 22.6 Å². The van der Waals surface area contributed by atoms with Crippen LogP contribution in [0.2, 0.25) is 5.02 Å². The summed E-state index contributed by atoms with van der Waals surface area (Å²) >= 11 is 5.93. The molecule has 0 aliphatic rings. The van der Waals surface area contributed by atoms with Crippen LogP contribution < -0.4 is 10.6 Å². The van der Waals surface area contributed by atoms with Crippen molar-refractivity contribution in [3.8, 4) is 0 Å². The normalized spacial score (nSPS) is 12.5. The minimum atomic E-state index is -0.675. The average Bonchev–Trinajstić information content (AvgIpc) is 2.86. The number of aliphatic hydroxyl groups is 1. The molecule has 1 unspecified atom stereocenters. The van der Waals surface area contributed by atoms with E-state index in [1.54, 1.807) is 19.2 Å². The molecule has 3 N–H and O–H groups in total. The first-order chi connectivity index (χ1) is 11.0. The molecule has 8 heteroatoms. The van der Waals surface area contributed by atoms with Gasteiger partial charge in [-0.25, -0.2) is 0 Å². The highest BCUT2D eigenvalue weighted by atomic mass is 127. The first-order valence-electron chi connectivity index (χ1n) is 7.31. The third kappa shape index (κ3) is 5.64. The number of hydrogen-bond acceptors (Lipinski definition) is 4. The van der Waals surface area contributed by atoms with Crippen LogP contribution in [0.25, 0.3) is 0 Å². The van der Waals surface area contributed by atoms with Crippen molar-refractivity contribution >= 4 is 41.5 Å². The fraction of sp³-hybridized carbons (Fsp3) is 0.375. The SMILES string of the molecule is CN=C(NCc1c(C)noc1C)NCC(O)c1cccc(Cl)c1.I. The van der Waals surface area contributed by atoms with Gasteiger partial charge in [0, 0.05) is 30.7 Å². The highest BCUT2D eigenvalue weighted by Gasteiger charge is 2.11. The zero-order valence-corrected chi connectivity index (χ0v) is 16.9. The minimum Gasteiger partial charge on any atom is -0.387 e. The van der Waals surface area contributed by atoms with Gasteiger partial charge < -0.3 is 20.3 Å². The first kappa shape index (κ1) is 20.7. The van der Waals surface area contributed by atoms with Crippen LogP contribution in [0.3, 0.4) is 0 Å². The third-order valence-corrected chi connectivity index (χ3v) is 3.77. The maximum absolute atomic E-state index is 10.2. The van der Waals surface area contributed by atoms with Crippen LogP contribution in [-0.4, -0.2) is 29.8 Å². The summed E-state index contributed by atoms with van der Waals surface area (Å²) in [4.78, 5) is 4.14. The van der Waals surface area contributed by atoms with Crippen LogP contribution in [0.15, 0.2) is 33.8 Å². The quantitative estimate of drug-likeness (QED) is 0.360. The molecule has 0 aliphatic heterocycles. The maximum atomic E-state index is 10.2. The highest BCUT2D eigenvalue weighted by molar-refractivity contribution is 14.0. The third-order valence-electron chi connectivity index (χ3n) is 3.53. The molecule has 0 bridgehead atoms. The van der Waals surface area contributed by atoms with E-state index in [2.05, 4.69) is 20.8 Å². The molecule has 1 heterocycles. The van der Waals surface area contributed by atoms with Gasteiger partial charge in [-0.3, -0.25) is 4.99 Å². The topological polar surface area (TPSA) is 82.7 Å². The molecule has 0 amide bonds. The molecule has 24 heavy (non-hydrogen) atoms. The van der Waals surface area contributed by atoms with Crippen LogP contribution in [0.1, 0.15) is 28.7 Å². The number of aliphatic hydroxyl groups excluding tert-OH is 1. The predicted molar refractivity (Wildman–Crippen MR) is 106 cm³/mol. The maximum Gasteiger partial charge on any atom is 0.191 e. The number of nitrogens with zero attached hydrogens (tertiary/aromatic N) is 2. The van der Waals surface area contributed by atoms with E-state index in [4.69, 9.17) is 16.1 Å². The van der Waals surface area contributed by atoms with Gasteiger partial charge >= 0.3 is 0 Å². The van der Waals surface area contributed by atoms with E-state index in [-0.39, 0.29) is 24.0 Å². The summed E-state index contributed by atoms with van der Waals surface area (Å²) in [6.07, 6.45) is -0.675. The van der Waals surface area contributed by atoms with Crippen LogP contribution in [0.4, 0.5) is 0 Å². The smallest absolute Gasteiger partial charge is 0.191 e. The van der Waals surface area contributed by atoms with Crippen molar-refractivity contribution in [3.63, 3.8) is 0 Å². The summed E-state index contributed by atoms with van der Waals surface area (Å²) in [5, 5.41) is 21.0. The number of aromatic nitrogens is 1. The lowest BCUT2D eigenvalue weighted by Crippen LogP contribution is -2.39. The second kappa shape index (κ2) is 9.85. The predicted octanol–water partition coefficient (Wildman–Crippen LogP) is 2.96. The number of nitrogens with one attached hydrogen (secondary N) is 2. The van der Waals surface area contributed by atoms with E-state index >= 15 is 0 Å². The minimum absolute atomic E-state index is 0. The summed E-state index contributed by atoms with van der Waals surface area (Å²) < 4.78 is 5.13. The molecule has 0 saturated heterocycles. The van der Waals surface area contributed by atoms with E-state index in [1.807, 2.05) is 26.0 Å². The summed E-state index contributed by atoms with van der Waals surface area (Å²) in [7, 11) is 1.68. The van der Waals surface area contributed by atoms with Gasteiger partial charge in [-0.2, -0.15) is 0 Å². The average molecular weight is 465 g/mol. The van der Waals surface area contributed by atoms with Gasteiger partial charge in [0.2, 0.25) is 0 Å². The molecule has 0 saturated carbocycles. The Morgan fingerprint density at radius 1 is 1.38 bits per heavy atom. The number of halogens is 2. The van der Waals surface area contributed by atoms with Crippen LogP contribution >= 0.6 is 35.6 Å². The lowest BCUT2D eigenvalue weighted by molar-refractivity contribution is 0.181. The Balaban J connectivity index is 0.00000288. The summed E-state index contributed by atoms with van der Waals surface area (Å²) in [6, 6.07) is 7.16. The van der Waals surface area contributed by atoms with Crippen molar-refractivity contribution in [2.45, 2.75) is 26.5 Å². The fourth-order valence-corrected chi connectivity index (χ4v) is 2.37. The van der Waals surface area contributed by atoms with E-state index < -0.39 is 6.10 Å². The van der Waals surface area contributed by atoms with Gasteiger partial charge in [0.25, 0.3) is 0 Å². The zero-order chi connectivity index (χ0) is 16.8. The number of aliphatic imine (C=N–C) groups is 1. The molecule has 1 aromatic carbocycles. The fourth-order valence-electron chi connectivity index (χ4n) is 2.17. The molecule has 6 nitrogen and oxygen atoms in total. The Kier molecular flexibility index (Phi) is 8.51. The van der Waals surface area contributed by atoms with Crippen LogP contribution in [0.5, 0.6) is 0 Å². The molecule has 2 rings (SSSR count). The number of rotatable bonds is 5. The molecule has 0 radical (unpaired) electrons. The first-order valence-corrected chi connectivity index (χ1v) is 7.69. The molecule has 0 fully saturated rings. The largest absolute Gasteiger partial charge is 0.387 e. The van der Waals surface area contributed by atoms with Crippen molar-refractivity contribution in [2.75, 3.05) is 13.6 Å². The van der Waals surface area contributed by atoms with Crippen molar-refractivity contribution in [1.29, 1.82) is 0 Å². The van der Waals surface area contributed by atoms with E-state index in [9.17, 15) is 5.11 Å². The monoisotopic (exact) mass is 464 g/mol. The van der Waals surface area contributed by atoms with Crippen molar-refractivity contribution in [1.82, 2.24) is 15.8 Å². The summed E-state index contributed by atoms with van der Waals surface area (Å²) in [6.45, 7) is 4.64. The Bertz CT molecular complexity index is 671. The second-order valence-corrected chi connectivity index (χ2v) is 5.62. The van der Waals surface area contributed by atoms with Crippen molar-refractivity contribution in [2.24, 2.45) is 4.99 Å². The van der Waals surface area contributed by atoms with Gasteiger partial charge in [0.05, 0.1) is 11.8 Å². The molecule has 0 spiro atoms. The van der Waals surface area contributed by atoms with E-state index in [1.165, 1.54) is 0 Å². The molecule has 0 aliphatic carbocycles. The number of guanidine groups is 1. The molecule has 2 aromatic rings. The molecule has 132 valence electrons. The molecular weight excluding hydrogens is 443 g/mol. The summed E-state index contributed by atoms with van der Waals surface area (Å²) in [5.74, 6) is 1.37. The van der Waals surface area contributed by atoms with Crippen LogP contribution in [-0.2, 0) is 6.54 Å². The van der Waals surface area contributed by atoms with Gasteiger partial charge in [0.1, 0.15) is 5.76 Å². The van der Waals surface area contributed by atoms with Crippen LogP contribution in [0, 0.1) is 13.8 Å². The molecular formula is C16H22ClIN4O2. The van der Waals surface area contributed by atoms with Gasteiger partial charge in [0.15, 0.2) is 5.96 Å². The Morgan fingerprint density at radius 2 is 2.12 bits per heavy atom. The van der Waals surface area contributed by atoms with E-state index in [0.29, 0.717) is 24.1 Å². The standard InChI is InChI=1S/C16H21ClN4O2.HI/c1-10-14(11(2)23-21-10)8-19-16(18-3)20-9-15(22)12-5-4-6-13(17)7-12;/h4-7,15,22H,8-9H2,1-3H3,(H2,18,19,20);1H. The number of aryl methyl sites for hydroxylation is 2. The second-order valence-electron chi connectivity index (χ2n) is 5.18. The van der Waals surface area contributed by atoms with Gasteiger partial charge in [-0.15, -0.1) is 24.0 Å². The Labute approximate surface area is 163 Å². The Hall–Kier alpha value is -1.32. The number of hydrogen-bond donors (Lipinski definition) is 3.